The van der Waals surface area contributed by atoms with Crippen molar-refractivity contribution >= 4 is 17.5 Å². The summed E-state index contributed by atoms with van der Waals surface area (Å²) in [4.78, 5) is 29.8. The van der Waals surface area contributed by atoms with Gasteiger partial charge in [-0.25, -0.2) is 4.39 Å². The molecule has 0 spiro atoms. The molecular weight excluding hydrogens is 491 g/mol. The van der Waals surface area contributed by atoms with Gasteiger partial charge in [0.15, 0.2) is 6.04 Å². The summed E-state index contributed by atoms with van der Waals surface area (Å²) in [5.74, 6) is 0.0274. The van der Waals surface area contributed by atoms with E-state index in [-0.39, 0.29) is 23.7 Å². The summed E-state index contributed by atoms with van der Waals surface area (Å²) in [5.41, 5.74) is 0.00770. The Bertz CT molecular complexity index is 1420. The van der Waals surface area contributed by atoms with Crippen LogP contribution in [0, 0.1) is 12.7 Å². The van der Waals surface area contributed by atoms with Gasteiger partial charge in [-0.15, -0.1) is 10.2 Å². The van der Waals surface area contributed by atoms with E-state index in [1.807, 2.05) is 20.8 Å². The molecule has 0 radical (unpaired) electrons. The van der Waals surface area contributed by atoms with Crippen LogP contribution < -0.4 is 15.0 Å². The number of benzene rings is 2. The maximum Gasteiger partial charge on any atom is 0.251 e. The third-order valence-corrected chi connectivity index (χ3v) is 5.50. The molecular formula is C27H29FN6O4. The second-order valence-corrected chi connectivity index (χ2v) is 9.68. The number of tetrazole rings is 1. The van der Waals surface area contributed by atoms with Gasteiger partial charge in [0.2, 0.25) is 5.82 Å². The number of carbonyl (C=O) groups excluding carboxylic acids is 2. The lowest BCUT2D eigenvalue weighted by Gasteiger charge is -2.32. The van der Waals surface area contributed by atoms with Crippen molar-refractivity contribution < 1.29 is 23.1 Å². The molecule has 2 aromatic carbocycles. The zero-order valence-corrected chi connectivity index (χ0v) is 21.8. The van der Waals surface area contributed by atoms with Crippen molar-refractivity contribution in [3.05, 3.63) is 78.0 Å². The van der Waals surface area contributed by atoms with Gasteiger partial charge in [0.05, 0.1) is 12.7 Å². The monoisotopic (exact) mass is 520 g/mol. The van der Waals surface area contributed by atoms with Crippen molar-refractivity contribution in [2.24, 2.45) is 0 Å². The predicted octanol–water partition coefficient (Wildman–Crippen LogP) is 4.08. The fraction of sp³-hybridized carbons (Fsp3) is 0.296. The molecule has 0 bridgehead atoms. The molecule has 0 saturated heterocycles. The van der Waals surface area contributed by atoms with Gasteiger partial charge >= 0.3 is 0 Å². The standard InChI is InChI=1S/C27H29FN6O4/c1-17-10-15-22(38-17)24(26(36)29-27(2,3)4)34(18-11-13-19(37-5)14-12-18)23(35)16-33-31-25(30-32-33)20-8-6-7-9-21(20)28/h6-15,24H,16H2,1-5H3,(H,29,36). The lowest BCUT2D eigenvalue weighted by atomic mass is 10.1. The Kier molecular flexibility index (Phi) is 7.56. The number of methoxy groups -OCH3 is 1. The quantitative estimate of drug-likeness (QED) is 0.372. The Labute approximate surface area is 219 Å². The van der Waals surface area contributed by atoms with E-state index < -0.39 is 29.2 Å². The van der Waals surface area contributed by atoms with Crippen LogP contribution in [0.4, 0.5) is 10.1 Å². The maximum absolute atomic E-state index is 14.2. The summed E-state index contributed by atoms with van der Waals surface area (Å²) in [7, 11) is 1.53. The average Bonchev–Trinajstić information content (AvgIpc) is 3.50. The summed E-state index contributed by atoms with van der Waals surface area (Å²) in [5, 5.41) is 15.0. The highest BCUT2D eigenvalue weighted by molar-refractivity contribution is 6.01. The molecule has 2 heterocycles. The third kappa shape index (κ3) is 6.05. The first-order valence-electron chi connectivity index (χ1n) is 11.9. The normalized spacial score (nSPS) is 12.2. The maximum atomic E-state index is 14.2. The molecule has 10 nitrogen and oxygen atoms in total. The van der Waals surface area contributed by atoms with Crippen molar-refractivity contribution in [1.82, 2.24) is 25.5 Å². The number of aryl methyl sites for hydroxylation is 1. The van der Waals surface area contributed by atoms with Gasteiger partial charge in [-0.1, -0.05) is 12.1 Å². The van der Waals surface area contributed by atoms with Crippen molar-refractivity contribution in [3.8, 4) is 17.1 Å². The number of carbonyl (C=O) groups is 2. The molecule has 0 fully saturated rings. The molecule has 38 heavy (non-hydrogen) atoms. The Balaban J connectivity index is 1.74. The summed E-state index contributed by atoms with van der Waals surface area (Å²) in [6.45, 7) is 6.92. The lowest BCUT2D eigenvalue weighted by Crippen LogP contribution is -2.50. The Hall–Kier alpha value is -4.54. The van der Waals surface area contributed by atoms with Crippen molar-refractivity contribution in [1.29, 1.82) is 0 Å². The molecule has 4 rings (SSSR count). The van der Waals surface area contributed by atoms with Gasteiger partial charge in [-0.2, -0.15) is 4.80 Å². The van der Waals surface area contributed by atoms with Gasteiger partial charge in [0.25, 0.3) is 11.8 Å². The first kappa shape index (κ1) is 26.5. The highest BCUT2D eigenvalue weighted by Crippen LogP contribution is 2.31. The van der Waals surface area contributed by atoms with Gasteiger partial charge < -0.3 is 14.5 Å². The van der Waals surface area contributed by atoms with Crippen LogP contribution >= 0.6 is 0 Å². The number of aromatic nitrogens is 4. The van der Waals surface area contributed by atoms with E-state index in [1.54, 1.807) is 55.5 Å². The molecule has 11 heteroatoms. The molecule has 2 aromatic heterocycles. The number of ether oxygens (including phenoxy) is 1. The molecule has 198 valence electrons. The number of furan rings is 1. The first-order chi connectivity index (χ1) is 18.1. The van der Waals surface area contributed by atoms with Crippen LogP contribution in [-0.2, 0) is 16.1 Å². The van der Waals surface area contributed by atoms with Crippen molar-refractivity contribution in [2.45, 2.75) is 45.8 Å². The van der Waals surface area contributed by atoms with E-state index >= 15 is 0 Å². The minimum absolute atomic E-state index is 0.0376. The second kappa shape index (κ2) is 10.8. The number of rotatable bonds is 8. The SMILES string of the molecule is COc1ccc(N(C(=O)Cn2nnc(-c3ccccc3F)n2)C(C(=O)NC(C)(C)C)c2ccc(C)o2)cc1. The van der Waals surface area contributed by atoms with Crippen LogP contribution in [0.2, 0.25) is 0 Å². The van der Waals surface area contributed by atoms with E-state index in [2.05, 4.69) is 20.7 Å². The molecule has 0 aliphatic heterocycles. The average molecular weight is 521 g/mol. The number of anilines is 1. The minimum atomic E-state index is -1.14. The Morgan fingerprint density at radius 1 is 1.11 bits per heavy atom. The fourth-order valence-electron chi connectivity index (χ4n) is 3.85. The highest BCUT2D eigenvalue weighted by atomic mass is 19.1. The van der Waals surface area contributed by atoms with Crippen LogP contribution in [0.3, 0.4) is 0 Å². The second-order valence-electron chi connectivity index (χ2n) is 9.68. The van der Waals surface area contributed by atoms with E-state index in [0.717, 1.165) is 4.80 Å². The lowest BCUT2D eigenvalue weighted by molar-refractivity contribution is -0.128. The molecule has 1 unspecified atom stereocenters. The number of hydrogen-bond acceptors (Lipinski definition) is 7. The number of halogens is 1. The molecule has 2 amide bonds. The molecule has 1 N–H and O–H groups in total. The summed E-state index contributed by atoms with van der Waals surface area (Å²) in [6, 6.07) is 15.0. The van der Waals surface area contributed by atoms with Crippen molar-refractivity contribution in [3.63, 3.8) is 0 Å². The van der Waals surface area contributed by atoms with Gasteiger partial charge in [0, 0.05) is 11.2 Å². The molecule has 4 aromatic rings. The van der Waals surface area contributed by atoms with E-state index in [9.17, 15) is 14.0 Å². The molecule has 0 aliphatic rings. The minimum Gasteiger partial charge on any atom is -0.497 e. The number of nitrogens with one attached hydrogen (secondary N) is 1. The van der Waals surface area contributed by atoms with Crippen LogP contribution in [-0.4, -0.2) is 44.7 Å². The van der Waals surface area contributed by atoms with Crippen molar-refractivity contribution in [2.75, 3.05) is 12.0 Å². The largest absolute Gasteiger partial charge is 0.497 e. The van der Waals surface area contributed by atoms with Crippen LogP contribution in [0.15, 0.2) is 65.1 Å². The summed E-state index contributed by atoms with van der Waals surface area (Å²) >= 11 is 0. The van der Waals surface area contributed by atoms with Crippen LogP contribution in [0.5, 0.6) is 5.75 Å². The highest BCUT2D eigenvalue weighted by Gasteiger charge is 2.37. The molecule has 0 aliphatic carbocycles. The fourth-order valence-corrected chi connectivity index (χ4v) is 3.85. The third-order valence-electron chi connectivity index (χ3n) is 5.50. The Morgan fingerprint density at radius 2 is 1.82 bits per heavy atom. The van der Waals surface area contributed by atoms with Gasteiger partial charge in [0.1, 0.15) is 29.6 Å². The zero-order chi connectivity index (χ0) is 27.4. The van der Waals surface area contributed by atoms with Gasteiger partial charge in [-0.05, 0) is 81.4 Å². The summed E-state index contributed by atoms with van der Waals surface area (Å²) in [6.07, 6.45) is 0. The Morgan fingerprint density at radius 3 is 2.42 bits per heavy atom. The van der Waals surface area contributed by atoms with E-state index in [1.165, 1.54) is 24.1 Å². The van der Waals surface area contributed by atoms with E-state index in [0.29, 0.717) is 17.2 Å². The van der Waals surface area contributed by atoms with Gasteiger partial charge in [-0.3, -0.25) is 14.5 Å². The number of nitrogens with zero attached hydrogens (tertiary/aromatic N) is 5. The number of amides is 2. The zero-order valence-electron chi connectivity index (χ0n) is 21.8. The van der Waals surface area contributed by atoms with Crippen LogP contribution in [0.25, 0.3) is 11.4 Å². The van der Waals surface area contributed by atoms with Crippen LogP contribution in [0.1, 0.15) is 38.3 Å². The number of hydrogen-bond donors (Lipinski definition) is 1. The topological polar surface area (TPSA) is 115 Å². The van der Waals surface area contributed by atoms with E-state index in [4.69, 9.17) is 9.15 Å². The smallest absolute Gasteiger partial charge is 0.251 e. The summed E-state index contributed by atoms with van der Waals surface area (Å²) < 4.78 is 25.3. The molecule has 1 atom stereocenters. The molecule has 0 saturated carbocycles. The first-order valence-corrected chi connectivity index (χ1v) is 11.9. The predicted molar refractivity (Wildman–Crippen MR) is 138 cm³/mol.